The van der Waals surface area contributed by atoms with Crippen LogP contribution < -0.4 is 0 Å². The van der Waals surface area contributed by atoms with Crippen molar-refractivity contribution in [2.24, 2.45) is 0 Å². The highest BCUT2D eigenvalue weighted by Gasteiger charge is 2.12. The zero-order chi connectivity index (χ0) is 12.2. The highest BCUT2D eigenvalue weighted by molar-refractivity contribution is 4.67. The molecule has 3 heteroatoms. The molecule has 1 aliphatic heterocycles. The molecular weight excluding hydrogens is 214 g/mol. The van der Waals surface area contributed by atoms with E-state index >= 15 is 0 Å². The molecule has 0 aliphatic carbocycles. The second-order valence-corrected chi connectivity index (χ2v) is 4.71. The highest BCUT2D eigenvalue weighted by atomic mass is 16.5. The van der Waals surface area contributed by atoms with E-state index in [-0.39, 0.29) is 0 Å². The van der Waals surface area contributed by atoms with E-state index in [1.54, 1.807) is 0 Å². The summed E-state index contributed by atoms with van der Waals surface area (Å²) in [5.41, 5.74) is 0. The summed E-state index contributed by atoms with van der Waals surface area (Å²) in [6.07, 6.45) is 10.4. The van der Waals surface area contributed by atoms with E-state index < -0.39 is 0 Å². The van der Waals surface area contributed by atoms with Crippen LogP contribution in [-0.4, -0.2) is 25.9 Å². The number of nitriles is 1. The Kier molecular flexibility index (Phi) is 8.99. The van der Waals surface area contributed by atoms with Gasteiger partial charge in [-0.2, -0.15) is 5.26 Å². The summed E-state index contributed by atoms with van der Waals surface area (Å²) in [5.74, 6) is 0. The Labute approximate surface area is 105 Å². The lowest BCUT2D eigenvalue weighted by molar-refractivity contribution is -0.00782. The van der Waals surface area contributed by atoms with E-state index in [0.717, 1.165) is 45.5 Å². The summed E-state index contributed by atoms with van der Waals surface area (Å²) in [7, 11) is 0. The lowest BCUT2D eigenvalue weighted by Gasteiger charge is -2.22. The number of ether oxygens (including phenoxy) is 2. The first-order chi connectivity index (χ1) is 8.43. The molecule has 0 aromatic rings. The second kappa shape index (κ2) is 10.6. The number of unbranched alkanes of at least 4 members (excludes halogenated alkanes) is 4. The van der Waals surface area contributed by atoms with E-state index in [1.807, 2.05) is 0 Å². The van der Waals surface area contributed by atoms with Crippen molar-refractivity contribution in [1.82, 2.24) is 0 Å². The predicted molar refractivity (Wildman–Crippen MR) is 67.7 cm³/mol. The molecule has 0 radical (unpaired) electrons. The van der Waals surface area contributed by atoms with Gasteiger partial charge in [-0.3, -0.25) is 0 Å². The van der Waals surface area contributed by atoms with Crippen molar-refractivity contribution in [3.05, 3.63) is 0 Å². The summed E-state index contributed by atoms with van der Waals surface area (Å²) in [6.45, 7) is 2.63. The third kappa shape index (κ3) is 8.18. The fourth-order valence-corrected chi connectivity index (χ4v) is 2.11. The average molecular weight is 239 g/mol. The van der Waals surface area contributed by atoms with Crippen molar-refractivity contribution in [3.8, 4) is 6.07 Å². The zero-order valence-corrected chi connectivity index (χ0v) is 10.8. The number of hydrogen-bond donors (Lipinski definition) is 0. The predicted octanol–water partition coefficient (Wildman–Crippen LogP) is 3.44. The minimum absolute atomic E-state index is 0.444. The average Bonchev–Trinajstić information content (AvgIpc) is 2.38. The number of nitrogens with zero attached hydrogens (tertiary/aromatic N) is 1. The van der Waals surface area contributed by atoms with Crippen LogP contribution in [0.3, 0.4) is 0 Å². The zero-order valence-electron chi connectivity index (χ0n) is 10.8. The number of hydrogen-bond acceptors (Lipinski definition) is 3. The Morgan fingerprint density at radius 3 is 2.76 bits per heavy atom. The summed E-state index contributed by atoms with van der Waals surface area (Å²) >= 11 is 0. The van der Waals surface area contributed by atoms with Crippen LogP contribution in [0.15, 0.2) is 0 Å². The molecule has 1 aliphatic rings. The fourth-order valence-electron chi connectivity index (χ4n) is 2.11. The first-order valence-electron chi connectivity index (χ1n) is 7.00. The van der Waals surface area contributed by atoms with Gasteiger partial charge >= 0.3 is 0 Å². The van der Waals surface area contributed by atoms with Gasteiger partial charge in [0.25, 0.3) is 0 Å². The van der Waals surface area contributed by atoms with Crippen molar-refractivity contribution >= 4 is 0 Å². The molecule has 1 saturated heterocycles. The van der Waals surface area contributed by atoms with E-state index in [4.69, 9.17) is 14.7 Å². The van der Waals surface area contributed by atoms with Crippen LogP contribution in [0.1, 0.15) is 57.8 Å². The summed E-state index contributed by atoms with van der Waals surface area (Å²) in [5, 5.41) is 8.38. The van der Waals surface area contributed by atoms with Crippen LogP contribution in [0, 0.1) is 11.3 Å². The SMILES string of the molecule is N#CCCCCCCOCCC1CCCCO1. The van der Waals surface area contributed by atoms with Crippen molar-refractivity contribution in [3.63, 3.8) is 0 Å². The largest absolute Gasteiger partial charge is 0.381 e. The first-order valence-corrected chi connectivity index (χ1v) is 7.00. The third-order valence-electron chi connectivity index (χ3n) is 3.19. The molecule has 0 amide bonds. The minimum atomic E-state index is 0.444. The van der Waals surface area contributed by atoms with Gasteiger partial charge in [-0.25, -0.2) is 0 Å². The van der Waals surface area contributed by atoms with Gasteiger partial charge in [-0.1, -0.05) is 12.8 Å². The van der Waals surface area contributed by atoms with E-state index in [2.05, 4.69) is 6.07 Å². The molecule has 1 fully saturated rings. The topological polar surface area (TPSA) is 42.2 Å². The maximum absolute atomic E-state index is 8.38. The molecular formula is C14H25NO2. The lowest BCUT2D eigenvalue weighted by atomic mass is 10.1. The highest BCUT2D eigenvalue weighted by Crippen LogP contribution is 2.15. The molecule has 1 atom stereocenters. The Morgan fingerprint density at radius 1 is 1.12 bits per heavy atom. The summed E-state index contributed by atoms with van der Waals surface area (Å²) < 4.78 is 11.2. The van der Waals surface area contributed by atoms with Gasteiger partial charge in [-0.15, -0.1) is 0 Å². The molecule has 0 bridgehead atoms. The van der Waals surface area contributed by atoms with Crippen LogP contribution >= 0.6 is 0 Å². The molecule has 98 valence electrons. The lowest BCUT2D eigenvalue weighted by Crippen LogP contribution is -2.20. The van der Waals surface area contributed by atoms with Gasteiger partial charge < -0.3 is 9.47 Å². The fraction of sp³-hybridized carbons (Fsp3) is 0.929. The first kappa shape index (κ1) is 14.5. The van der Waals surface area contributed by atoms with E-state index in [0.29, 0.717) is 12.5 Å². The molecule has 0 aromatic carbocycles. The smallest absolute Gasteiger partial charge is 0.0621 e. The van der Waals surface area contributed by atoms with Crippen LogP contribution in [0.5, 0.6) is 0 Å². The standard InChI is InChI=1S/C14H25NO2/c15-10-5-2-1-3-6-11-16-13-9-14-8-4-7-12-17-14/h14H,1-9,11-13H2. The Balaban J connectivity index is 1.76. The second-order valence-electron chi connectivity index (χ2n) is 4.71. The maximum Gasteiger partial charge on any atom is 0.0621 e. The molecule has 3 nitrogen and oxygen atoms in total. The van der Waals surface area contributed by atoms with Gasteiger partial charge in [0.15, 0.2) is 0 Å². The van der Waals surface area contributed by atoms with Crippen molar-refractivity contribution in [2.75, 3.05) is 19.8 Å². The van der Waals surface area contributed by atoms with Gasteiger partial charge in [0, 0.05) is 26.2 Å². The third-order valence-corrected chi connectivity index (χ3v) is 3.19. The Morgan fingerprint density at radius 2 is 2.00 bits per heavy atom. The molecule has 0 aromatic heterocycles. The van der Waals surface area contributed by atoms with Crippen LogP contribution in [0.4, 0.5) is 0 Å². The van der Waals surface area contributed by atoms with Crippen molar-refractivity contribution < 1.29 is 9.47 Å². The van der Waals surface area contributed by atoms with Crippen molar-refractivity contribution in [2.45, 2.75) is 63.9 Å². The summed E-state index contributed by atoms with van der Waals surface area (Å²) in [6, 6.07) is 2.17. The Bertz CT molecular complexity index is 207. The quantitative estimate of drug-likeness (QED) is 0.579. The molecule has 1 rings (SSSR count). The summed E-state index contributed by atoms with van der Waals surface area (Å²) in [4.78, 5) is 0. The molecule has 1 unspecified atom stereocenters. The maximum atomic E-state index is 8.38. The van der Waals surface area contributed by atoms with Crippen molar-refractivity contribution in [1.29, 1.82) is 5.26 Å². The van der Waals surface area contributed by atoms with Gasteiger partial charge in [0.2, 0.25) is 0 Å². The number of rotatable bonds is 9. The van der Waals surface area contributed by atoms with Crippen LogP contribution in [0.2, 0.25) is 0 Å². The molecule has 0 spiro atoms. The molecule has 17 heavy (non-hydrogen) atoms. The van der Waals surface area contributed by atoms with E-state index in [1.165, 1.54) is 25.7 Å². The van der Waals surface area contributed by atoms with Gasteiger partial charge in [0.1, 0.15) is 0 Å². The van der Waals surface area contributed by atoms with Crippen LogP contribution in [0.25, 0.3) is 0 Å². The Hall–Kier alpha value is -0.590. The molecule has 1 heterocycles. The van der Waals surface area contributed by atoms with Gasteiger partial charge in [-0.05, 0) is 38.5 Å². The van der Waals surface area contributed by atoms with Crippen LogP contribution in [-0.2, 0) is 9.47 Å². The normalized spacial score (nSPS) is 20.1. The minimum Gasteiger partial charge on any atom is -0.381 e. The van der Waals surface area contributed by atoms with Gasteiger partial charge in [0.05, 0.1) is 12.2 Å². The molecule has 0 saturated carbocycles. The monoisotopic (exact) mass is 239 g/mol. The molecule has 0 N–H and O–H groups in total. The van der Waals surface area contributed by atoms with E-state index in [9.17, 15) is 0 Å².